The molecule has 0 unspecified atom stereocenters. The summed E-state index contributed by atoms with van der Waals surface area (Å²) in [5, 5.41) is 33.5. The summed E-state index contributed by atoms with van der Waals surface area (Å²) in [6.45, 7) is 1.29. The van der Waals surface area contributed by atoms with Crippen LogP contribution in [0, 0.1) is 11.6 Å². The molecule has 0 radical (unpaired) electrons. The van der Waals surface area contributed by atoms with E-state index >= 15 is 0 Å². The second kappa shape index (κ2) is 11.8. The molecule has 2 heterocycles. The van der Waals surface area contributed by atoms with Crippen LogP contribution in [0.15, 0.2) is 23.4 Å². The molecule has 2 aliphatic rings. The number of benzene rings is 1. The number of rotatable bonds is 12. The van der Waals surface area contributed by atoms with E-state index in [9.17, 15) is 27.4 Å². The summed E-state index contributed by atoms with van der Waals surface area (Å²) in [7, 11) is -4.63. The Hall–Kier alpha value is -2.54. The van der Waals surface area contributed by atoms with Crippen LogP contribution in [-0.2, 0) is 19.3 Å². The molecule has 0 bridgehead atoms. The largest absolute Gasteiger partial charge is 0.397 e. The summed E-state index contributed by atoms with van der Waals surface area (Å²) in [5.74, 6) is -0.692. The van der Waals surface area contributed by atoms with Crippen molar-refractivity contribution in [2.45, 2.75) is 67.7 Å². The van der Waals surface area contributed by atoms with Crippen LogP contribution in [0.3, 0.4) is 0 Å². The van der Waals surface area contributed by atoms with Crippen molar-refractivity contribution in [2.24, 2.45) is 0 Å². The molecule has 218 valence electrons. The third-order valence-electron chi connectivity index (χ3n) is 6.78. The van der Waals surface area contributed by atoms with Gasteiger partial charge < -0.3 is 20.3 Å². The van der Waals surface area contributed by atoms with Gasteiger partial charge in [-0.05, 0) is 30.5 Å². The number of ether oxygens (including phenoxy) is 1. The van der Waals surface area contributed by atoms with Gasteiger partial charge in [0.05, 0.1) is 25.4 Å². The van der Waals surface area contributed by atoms with E-state index in [0.29, 0.717) is 34.1 Å². The lowest BCUT2D eigenvalue weighted by Crippen LogP contribution is -2.33. The zero-order valence-electron chi connectivity index (χ0n) is 21.2. The molecule has 3 aromatic rings. The average Bonchev–Trinajstić information content (AvgIpc) is 3.45. The van der Waals surface area contributed by atoms with E-state index < -0.39 is 53.0 Å². The first kappa shape index (κ1) is 29.0. The molecule has 2 aromatic heterocycles. The van der Waals surface area contributed by atoms with E-state index in [1.807, 2.05) is 6.92 Å². The molecule has 17 heteroatoms. The van der Waals surface area contributed by atoms with E-state index in [2.05, 4.69) is 29.8 Å². The molecule has 40 heavy (non-hydrogen) atoms. The highest BCUT2D eigenvalue weighted by Crippen LogP contribution is 2.44. The number of aromatic nitrogens is 5. The number of aliphatic hydroxyl groups is 2. The number of aliphatic hydroxyl groups excluding tert-OH is 2. The van der Waals surface area contributed by atoms with Crippen LogP contribution in [0.5, 0.6) is 0 Å². The monoisotopic (exact) mass is 602 g/mol. The molecule has 2 saturated carbocycles. The van der Waals surface area contributed by atoms with Crippen LogP contribution < -0.4 is 5.32 Å². The third kappa shape index (κ3) is 6.35. The van der Waals surface area contributed by atoms with Gasteiger partial charge in [0.1, 0.15) is 12.2 Å². The first-order valence-corrected chi connectivity index (χ1v) is 15.0. The van der Waals surface area contributed by atoms with Crippen LogP contribution in [0.2, 0.25) is 0 Å². The maximum absolute atomic E-state index is 13.7. The minimum absolute atomic E-state index is 0.0450. The lowest BCUT2D eigenvalue weighted by Gasteiger charge is -2.17. The van der Waals surface area contributed by atoms with Gasteiger partial charge in [-0.15, -0.1) is 5.10 Å². The zero-order valence-corrected chi connectivity index (χ0v) is 22.9. The zero-order chi connectivity index (χ0) is 28.6. The number of hydrogen-bond acceptors (Lipinski definition) is 12. The second-order valence-electron chi connectivity index (χ2n) is 9.62. The molecule has 13 nitrogen and oxygen atoms in total. The van der Waals surface area contributed by atoms with Gasteiger partial charge in [-0.25, -0.2) is 27.6 Å². The topological polar surface area (TPSA) is 182 Å². The van der Waals surface area contributed by atoms with Crippen LogP contribution in [0.1, 0.15) is 43.7 Å². The van der Waals surface area contributed by atoms with Crippen molar-refractivity contribution in [1.82, 2.24) is 25.0 Å². The number of anilines is 1. The number of halogens is 2. The Morgan fingerprint density at radius 3 is 2.67 bits per heavy atom. The third-order valence-corrected chi connectivity index (χ3v) is 8.30. The van der Waals surface area contributed by atoms with E-state index in [-0.39, 0.29) is 25.0 Å². The highest BCUT2D eigenvalue weighted by molar-refractivity contribution is 7.99. The first-order valence-electron chi connectivity index (χ1n) is 12.6. The predicted octanol–water partition coefficient (Wildman–Crippen LogP) is 1.84. The van der Waals surface area contributed by atoms with Gasteiger partial charge in [-0.2, -0.15) is 8.42 Å². The van der Waals surface area contributed by atoms with Gasteiger partial charge in [-0.1, -0.05) is 30.0 Å². The molecule has 6 atom stereocenters. The van der Waals surface area contributed by atoms with Gasteiger partial charge in [-0.3, -0.25) is 4.55 Å². The minimum Gasteiger partial charge on any atom is -0.388 e. The van der Waals surface area contributed by atoms with Crippen molar-refractivity contribution in [2.75, 3.05) is 24.3 Å². The summed E-state index contributed by atoms with van der Waals surface area (Å²) in [4.78, 5) is 9.21. The number of hydrogen-bond donors (Lipinski definition) is 4. The molecule has 1 aromatic carbocycles. The Labute approximate surface area is 232 Å². The summed E-state index contributed by atoms with van der Waals surface area (Å²) >= 11 is 1.43. The molecular formula is C23H28F2N6O7S2. The van der Waals surface area contributed by atoms with Crippen LogP contribution >= 0.6 is 11.8 Å². The normalized spacial score (nSPS) is 26.4. The van der Waals surface area contributed by atoms with Crippen molar-refractivity contribution < 1.29 is 40.9 Å². The van der Waals surface area contributed by atoms with Gasteiger partial charge in [0.25, 0.3) is 0 Å². The molecular weight excluding hydrogens is 574 g/mol. The summed E-state index contributed by atoms with van der Waals surface area (Å²) in [5.41, 5.74) is 1.33. The van der Waals surface area contributed by atoms with Gasteiger partial charge in [0.2, 0.25) is 0 Å². The average molecular weight is 603 g/mol. The van der Waals surface area contributed by atoms with Crippen molar-refractivity contribution in [3.05, 3.63) is 35.4 Å². The van der Waals surface area contributed by atoms with Crippen molar-refractivity contribution >= 4 is 39.1 Å². The quantitative estimate of drug-likeness (QED) is 0.102. The van der Waals surface area contributed by atoms with Crippen molar-refractivity contribution in [3.8, 4) is 0 Å². The van der Waals surface area contributed by atoms with E-state index in [4.69, 9.17) is 9.29 Å². The molecule has 0 spiro atoms. The Bertz CT molecular complexity index is 1480. The Kier molecular flexibility index (Phi) is 8.51. The maximum Gasteiger partial charge on any atom is 0.397 e. The Morgan fingerprint density at radius 2 is 1.95 bits per heavy atom. The van der Waals surface area contributed by atoms with Gasteiger partial charge in [0.15, 0.2) is 33.8 Å². The van der Waals surface area contributed by atoms with E-state index in [0.717, 1.165) is 18.2 Å². The molecule has 2 aliphatic carbocycles. The van der Waals surface area contributed by atoms with Gasteiger partial charge >= 0.3 is 10.4 Å². The Morgan fingerprint density at radius 1 is 1.15 bits per heavy atom. The lowest BCUT2D eigenvalue weighted by molar-refractivity contribution is -0.0616. The molecule has 0 amide bonds. The Balaban J connectivity index is 1.36. The van der Waals surface area contributed by atoms with Crippen LogP contribution in [0.4, 0.5) is 14.6 Å². The number of fused-ring (bicyclic) bond motifs is 1. The lowest BCUT2D eigenvalue weighted by atomic mass is 10.1. The SMILES string of the molecule is CCCSc1nc(N[C@@H]2C[C@@H]2c2ccc(F)c(F)c2)c2nnn([C@@H]3C[C@H](OCCOS(=O)(=O)O)[C@@H](O)[C@H]3O)c2n1. The number of thioether (sulfide) groups is 1. The van der Waals surface area contributed by atoms with Crippen molar-refractivity contribution in [1.29, 1.82) is 0 Å². The summed E-state index contributed by atoms with van der Waals surface area (Å²) in [6, 6.07) is 2.98. The molecule has 0 aliphatic heterocycles. The molecule has 4 N–H and O–H groups in total. The summed E-state index contributed by atoms with van der Waals surface area (Å²) < 4.78 is 68.3. The van der Waals surface area contributed by atoms with E-state index in [1.54, 1.807) is 6.07 Å². The number of nitrogens with zero attached hydrogens (tertiary/aromatic N) is 5. The maximum atomic E-state index is 13.7. The first-order chi connectivity index (χ1) is 19.1. The minimum atomic E-state index is -4.63. The smallest absolute Gasteiger partial charge is 0.388 e. The fourth-order valence-corrected chi connectivity index (χ4v) is 5.72. The number of nitrogens with one attached hydrogen (secondary N) is 1. The highest BCUT2D eigenvalue weighted by atomic mass is 32.3. The van der Waals surface area contributed by atoms with Crippen molar-refractivity contribution in [3.63, 3.8) is 0 Å². The second-order valence-corrected chi connectivity index (χ2v) is 11.8. The standard InChI is InChI=1S/C23H28F2N6O7S2/c1-2-7-39-23-27-21(26-15-9-12(15)11-3-4-13(24)14(25)8-11)18-22(28-23)31(30-29-18)16-10-17(20(33)19(16)32)37-5-6-38-40(34,35)36/h3-4,8,12,15-17,19-20,32-33H,2,5-7,9-10H2,1H3,(H,26,27,28)(H,34,35,36)/t12-,15-,16-,17+,19+,20-/m1/s1. The van der Waals surface area contributed by atoms with Crippen LogP contribution in [-0.4, -0.2) is 91.5 Å². The molecule has 2 fully saturated rings. The fraction of sp³-hybridized carbons (Fsp3) is 0.565. The summed E-state index contributed by atoms with van der Waals surface area (Å²) in [6.07, 6.45) is -1.82. The molecule has 0 saturated heterocycles. The van der Waals surface area contributed by atoms with Crippen LogP contribution in [0.25, 0.3) is 11.2 Å². The van der Waals surface area contributed by atoms with Gasteiger partial charge in [0, 0.05) is 24.1 Å². The fourth-order valence-electron chi connectivity index (χ4n) is 4.75. The molecule has 5 rings (SSSR count). The predicted molar refractivity (Wildman–Crippen MR) is 138 cm³/mol. The van der Waals surface area contributed by atoms with E-state index in [1.165, 1.54) is 22.5 Å². The highest BCUT2D eigenvalue weighted by Gasteiger charge is 2.45.